The van der Waals surface area contributed by atoms with Crippen molar-refractivity contribution in [2.75, 3.05) is 6.35 Å². The average molecular weight is 304 g/mol. The molecule has 1 atom stereocenters. The molecule has 1 amide bonds. The van der Waals surface area contributed by atoms with Crippen molar-refractivity contribution in [2.24, 2.45) is 5.73 Å². The number of aromatic amines is 1. The summed E-state index contributed by atoms with van der Waals surface area (Å²) >= 11 is 0. The van der Waals surface area contributed by atoms with E-state index in [1.807, 2.05) is 0 Å². The van der Waals surface area contributed by atoms with Crippen LogP contribution in [0.4, 0.5) is 0 Å². The van der Waals surface area contributed by atoms with Gasteiger partial charge in [0.05, 0.1) is 6.10 Å². The van der Waals surface area contributed by atoms with Gasteiger partial charge in [-0.3, -0.25) is 20.1 Å². The van der Waals surface area contributed by atoms with Gasteiger partial charge < -0.3 is 25.2 Å². The number of amides is 1. The number of guanidine groups is 1. The number of aromatic nitrogens is 1. The molecule has 0 saturated carbocycles. The molecule has 0 saturated heterocycles. The standard InChI is InChI=1S/C10H17N4O5P/c1-6(19-5-20(16,17)18)4-7-2-3-8(13-7)9(15)14-10(11)12/h2-3,6,13H,4-5H2,1H3,(H2,16,17,18)(H4,11,12,14,15). The molecule has 0 aromatic carbocycles. The van der Waals surface area contributed by atoms with Gasteiger partial charge in [-0.15, -0.1) is 0 Å². The van der Waals surface area contributed by atoms with Gasteiger partial charge in [-0.1, -0.05) is 0 Å². The summed E-state index contributed by atoms with van der Waals surface area (Å²) in [5.74, 6) is -0.989. The SMILES string of the molecule is CC(Cc1ccc(C(=O)NC(=N)N)[nH]1)OCP(=O)(O)O. The van der Waals surface area contributed by atoms with Gasteiger partial charge in [-0.2, -0.15) is 0 Å². The Labute approximate surface area is 115 Å². The zero-order chi connectivity index (χ0) is 15.3. The summed E-state index contributed by atoms with van der Waals surface area (Å²) in [5.41, 5.74) is 5.94. The first kappa shape index (κ1) is 16.4. The molecule has 0 bridgehead atoms. The number of rotatable bonds is 6. The molecule has 0 aliphatic carbocycles. The molecule has 1 aromatic heterocycles. The Morgan fingerprint density at radius 3 is 2.80 bits per heavy atom. The van der Waals surface area contributed by atoms with Crippen LogP contribution in [0.25, 0.3) is 0 Å². The maximum absolute atomic E-state index is 11.5. The summed E-state index contributed by atoms with van der Waals surface area (Å²) in [6.45, 7) is 1.66. The molecule has 10 heteroatoms. The molecule has 0 aliphatic rings. The van der Waals surface area contributed by atoms with Crippen LogP contribution in [0.3, 0.4) is 0 Å². The van der Waals surface area contributed by atoms with Crippen LogP contribution in [0.2, 0.25) is 0 Å². The second-order valence-corrected chi connectivity index (χ2v) is 5.83. The summed E-state index contributed by atoms with van der Waals surface area (Å²) in [7, 11) is -4.18. The van der Waals surface area contributed by atoms with Gasteiger partial charge in [-0.25, -0.2) is 0 Å². The molecule has 0 fully saturated rings. The van der Waals surface area contributed by atoms with Crippen molar-refractivity contribution >= 4 is 19.5 Å². The molecule has 1 heterocycles. The number of ether oxygens (including phenoxy) is 1. The van der Waals surface area contributed by atoms with Crippen LogP contribution in [0.1, 0.15) is 23.1 Å². The number of hydrogen-bond acceptors (Lipinski definition) is 4. The third-order valence-electron chi connectivity index (χ3n) is 2.27. The van der Waals surface area contributed by atoms with E-state index in [4.69, 9.17) is 25.7 Å². The lowest BCUT2D eigenvalue weighted by atomic mass is 10.2. The highest BCUT2D eigenvalue weighted by molar-refractivity contribution is 7.51. The van der Waals surface area contributed by atoms with Crippen LogP contribution >= 0.6 is 7.60 Å². The van der Waals surface area contributed by atoms with Crippen LogP contribution < -0.4 is 11.1 Å². The largest absolute Gasteiger partial charge is 0.370 e. The zero-order valence-electron chi connectivity index (χ0n) is 10.8. The molecule has 1 unspecified atom stereocenters. The fourth-order valence-corrected chi connectivity index (χ4v) is 1.92. The third kappa shape index (κ3) is 5.98. The Morgan fingerprint density at radius 2 is 2.25 bits per heavy atom. The molecular formula is C10H17N4O5P. The topological polar surface area (TPSA) is 162 Å². The summed E-state index contributed by atoms with van der Waals surface area (Å²) in [5, 5.41) is 9.07. The number of nitrogens with two attached hydrogens (primary N) is 1. The number of H-pyrrole nitrogens is 1. The number of nitrogens with one attached hydrogen (secondary N) is 3. The first-order valence-electron chi connectivity index (χ1n) is 5.67. The zero-order valence-corrected chi connectivity index (χ0v) is 11.7. The van der Waals surface area contributed by atoms with Crippen molar-refractivity contribution in [3.8, 4) is 0 Å². The monoisotopic (exact) mass is 304 g/mol. The van der Waals surface area contributed by atoms with Crippen molar-refractivity contribution in [1.29, 1.82) is 5.41 Å². The van der Waals surface area contributed by atoms with E-state index >= 15 is 0 Å². The molecule has 1 aromatic rings. The molecular weight excluding hydrogens is 287 g/mol. The fourth-order valence-electron chi connectivity index (χ4n) is 1.47. The molecule has 112 valence electrons. The van der Waals surface area contributed by atoms with E-state index in [1.165, 1.54) is 6.07 Å². The Bertz CT molecular complexity index is 538. The molecule has 0 radical (unpaired) electrons. The molecule has 0 spiro atoms. The summed E-state index contributed by atoms with van der Waals surface area (Å²) in [6.07, 6.45) is -0.718. The van der Waals surface area contributed by atoms with Gasteiger partial charge in [0, 0.05) is 12.1 Å². The fraction of sp³-hybridized carbons (Fsp3) is 0.400. The van der Waals surface area contributed by atoms with E-state index in [0.29, 0.717) is 12.1 Å². The first-order chi connectivity index (χ1) is 9.17. The number of carbonyl (C=O) groups is 1. The van der Waals surface area contributed by atoms with Crippen molar-refractivity contribution in [3.63, 3.8) is 0 Å². The lowest BCUT2D eigenvalue weighted by molar-refractivity contribution is 0.0879. The maximum Gasteiger partial charge on any atom is 0.350 e. The van der Waals surface area contributed by atoms with Crippen molar-refractivity contribution in [2.45, 2.75) is 19.4 Å². The van der Waals surface area contributed by atoms with Crippen LogP contribution in [0, 0.1) is 5.41 Å². The Kier molecular flexibility index (Phi) is 5.46. The molecule has 20 heavy (non-hydrogen) atoms. The second-order valence-electron chi connectivity index (χ2n) is 4.24. The van der Waals surface area contributed by atoms with Gasteiger partial charge in [0.2, 0.25) is 0 Å². The Balaban J connectivity index is 2.53. The molecule has 0 aliphatic heterocycles. The van der Waals surface area contributed by atoms with Gasteiger partial charge in [0.1, 0.15) is 12.0 Å². The minimum absolute atomic E-state index is 0.234. The van der Waals surface area contributed by atoms with Gasteiger partial charge in [-0.05, 0) is 19.1 Å². The van der Waals surface area contributed by atoms with Crippen LogP contribution in [0.5, 0.6) is 0 Å². The second kappa shape index (κ2) is 6.67. The molecule has 9 nitrogen and oxygen atoms in total. The first-order valence-corrected chi connectivity index (χ1v) is 7.46. The lowest BCUT2D eigenvalue weighted by Crippen LogP contribution is -2.35. The Hall–Kier alpha value is -1.67. The Morgan fingerprint density at radius 1 is 1.60 bits per heavy atom. The van der Waals surface area contributed by atoms with Crippen molar-refractivity contribution < 1.29 is 23.9 Å². The van der Waals surface area contributed by atoms with Crippen molar-refractivity contribution in [1.82, 2.24) is 10.3 Å². The van der Waals surface area contributed by atoms with Gasteiger partial charge in [0.25, 0.3) is 5.91 Å². The van der Waals surface area contributed by atoms with Crippen molar-refractivity contribution in [3.05, 3.63) is 23.5 Å². The van der Waals surface area contributed by atoms with Gasteiger partial charge in [0.15, 0.2) is 5.96 Å². The summed E-state index contributed by atoms with van der Waals surface area (Å²) < 4.78 is 15.7. The van der Waals surface area contributed by atoms with E-state index < -0.39 is 31.9 Å². The number of hydrogen-bond donors (Lipinski definition) is 6. The van der Waals surface area contributed by atoms with E-state index in [1.54, 1.807) is 13.0 Å². The normalized spacial score (nSPS) is 12.9. The quantitative estimate of drug-likeness (QED) is 0.240. The minimum Gasteiger partial charge on any atom is -0.370 e. The maximum atomic E-state index is 11.5. The highest BCUT2D eigenvalue weighted by atomic mass is 31.2. The van der Waals surface area contributed by atoms with E-state index in [9.17, 15) is 9.36 Å². The summed E-state index contributed by atoms with van der Waals surface area (Å²) in [6, 6.07) is 3.16. The van der Waals surface area contributed by atoms with E-state index in [2.05, 4.69) is 10.3 Å². The van der Waals surface area contributed by atoms with E-state index in [0.717, 1.165) is 0 Å². The predicted octanol–water partition coefficient (Wildman–Crippen LogP) is -0.279. The third-order valence-corrected chi connectivity index (χ3v) is 2.76. The van der Waals surface area contributed by atoms with Crippen LogP contribution in [0.15, 0.2) is 12.1 Å². The minimum atomic E-state index is -4.18. The average Bonchev–Trinajstić information content (AvgIpc) is 2.73. The van der Waals surface area contributed by atoms with Crippen LogP contribution in [-0.4, -0.2) is 39.1 Å². The molecule has 1 rings (SSSR count). The highest BCUT2D eigenvalue weighted by Gasteiger charge is 2.16. The smallest absolute Gasteiger partial charge is 0.350 e. The highest BCUT2D eigenvalue weighted by Crippen LogP contribution is 2.34. The van der Waals surface area contributed by atoms with Crippen LogP contribution in [-0.2, 0) is 15.7 Å². The van der Waals surface area contributed by atoms with Gasteiger partial charge >= 0.3 is 7.60 Å². The predicted molar refractivity (Wildman–Crippen MR) is 71.3 cm³/mol. The summed E-state index contributed by atoms with van der Waals surface area (Å²) in [4.78, 5) is 31.7. The number of carbonyl (C=O) groups excluding carboxylic acids is 1. The van der Waals surface area contributed by atoms with E-state index in [-0.39, 0.29) is 5.69 Å². The lowest BCUT2D eigenvalue weighted by Gasteiger charge is -2.12. The molecule has 7 N–H and O–H groups in total.